The van der Waals surface area contributed by atoms with Gasteiger partial charge in [0.1, 0.15) is 18.2 Å². The zero-order valence-electron chi connectivity index (χ0n) is 26.6. The van der Waals surface area contributed by atoms with Crippen molar-refractivity contribution in [1.29, 1.82) is 0 Å². The lowest BCUT2D eigenvalue weighted by Crippen LogP contribution is -2.55. The SMILES string of the molecule is C[C@@H]1CC[C@@]2(OC1)O[C@H]1CC3C4CC[C@@H]5C[C@H](OC(=O)CNC(=O)OC(C)(C)C)CC[C@]5(C)C4CC[C@]3(C)[C@H]1[C@@H]2C. The zero-order valence-corrected chi connectivity index (χ0v) is 26.6. The number of hydrogen-bond donors (Lipinski definition) is 1. The summed E-state index contributed by atoms with van der Waals surface area (Å²) in [5.41, 5.74) is 0.0682. The standard InChI is InChI=1S/C34H55NO6/c1-20-10-15-34(38-19-20)21(2)29-27(40-34)17-26-24-9-8-22-16-23(39-28(36)18-35-30(37)41-31(3,4)5)11-13-32(22,6)25(24)12-14-33(26,29)7/h20-27,29H,8-19H2,1-7H3,(H,35,37)/t20-,21+,22-,23-,24?,25?,26?,27+,29+,32+,33+,34-/m1/s1. The average Bonchev–Trinajstić information content (AvgIpc) is 3.34. The van der Waals surface area contributed by atoms with Crippen molar-refractivity contribution >= 4 is 12.1 Å². The topological polar surface area (TPSA) is 83.1 Å². The molecule has 6 fully saturated rings. The number of nitrogens with one attached hydrogen (secondary N) is 1. The molecule has 6 aliphatic rings. The van der Waals surface area contributed by atoms with E-state index in [1.165, 1.54) is 38.5 Å². The minimum Gasteiger partial charge on any atom is -0.461 e. The fourth-order valence-electron chi connectivity index (χ4n) is 11.0. The maximum absolute atomic E-state index is 12.5. The van der Waals surface area contributed by atoms with Crippen molar-refractivity contribution in [1.82, 2.24) is 5.32 Å². The molecule has 0 aromatic rings. The Labute approximate surface area is 247 Å². The molecule has 0 aromatic heterocycles. The monoisotopic (exact) mass is 573 g/mol. The first-order chi connectivity index (χ1) is 19.2. The van der Waals surface area contributed by atoms with Gasteiger partial charge in [0.05, 0.1) is 12.7 Å². The Kier molecular flexibility index (Phi) is 7.53. The van der Waals surface area contributed by atoms with Crippen LogP contribution in [0.5, 0.6) is 0 Å². The van der Waals surface area contributed by atoms with Crippen LogP contribution in [-0.4, -0.2) is 48.8 Å². The minimum atomic E-state index is -0.593. The van der Waals surface area contributed by atoms with E-state index in [0.29, 0.717) is 40.6 Å². The van der Waals surface area contributed by atoms with Crippen molar-refractivity contribution < 1.29 is 28.5 Å². The Balaban J connectivity index is 1.07. The normalized spacial score (nSPS) is 48.9. The maximum atomic E-state index is 12.5. The lowest BCUT2D eigenvalue weighted by Gasteiger charge is -2.61. The van der Waals surface area contributed by atoms with Crippen LogP contribution in [0.25, 0.3) is 0 Å². The lowest BCUT2D eigenvalue weighted by molar-refractivity contribution is -0.273. The van der Waals surface area contributed by atoms with E-state index in [1.807, 2.05) is 0 Å². The summed E-state index contributed by atoms with van der Waals surface area (Å²) in [6, 6.07) is 0. The minimum absolute atomic E-state index is 0.0547. The molecule has 0 aromatic carbocycles. The third kappa shape index (κ3) is 5.13. The molecule has 4 saturated carbocycles. The first kappa shape index (κ1) is 29.7. The Morgan fingerprint density at radius 3 is 2.39 bits per heavy atom. The van der Waals surface area contributed by atoms with Crippen molar-refractivity contribution in [3.63, 3.8) is 0 Å². The number of ether oxygens (including phenoxy) is 4. The van der Waals surface area contributed by atoms with Crippen LogP contribution in [0.15, 0.2) is 0 Å². The number of carbonyl (C=O) groups is 2. The second-order valence-electron chi connectivity index (χ2n) is 16.4. The second-order valence-corrected chi connectivity index (χ2v) is 16.4. The summed E-state index contributed by atoms with van der Waals surface area (Å²) < 4.78 is 24.6. The first-order valence-electron chi connectivity index (χ1n) is 16.7. The van der Waals surface area contributed by atoms with Crippen molar-refractivity contribution in [2.24, 2.45) is 52.3 Å². The summed E-state index contributed by atoms with van der Waals surface area (Å²) in [5.74, 6) is 3.86. The Morgan fingerprint density at radius 1 is 0.927 bits per heavy atom. The molecule has 7 nitrogen and oxygen atoms in total. The molecule has 0 bridgehead atoms. The summed E-state index contributed by atoms with van der Waals surface area (Å²) >= 11 is 0. The lowest BCUT2D eigenvalue weighted by atomic mass is 9.44. The van der Waals surface area contributed by atoms with Gasteiger partial charge < -0.3 is 24.3 Å². The van der Waals surface area contributed by atoms with E-state index in [-0.39, 0.29) is 24.4 Å². The number of alkyl carbamates (subject to hydrolysis) is 1. The largest absolute Gasteiger partial charge is 0.461 e. The fourth-order valence-corrected chi connectivity index (χ4v) is 11.0. The summed E-state index contributed by atoms with van der Waals surface area (Å²) in [7, 11) is 0. The number of amides is 1. The number of hydrogen-bond acceptors (Lipinski definition) is 6. The summed E-state index contributed by atoms with van der Waals surface area (Å²) in [5, 5.41) is 2.54. The van der Waals surface area contributed by atoms with E-state index in [4.69, 9.17) is 18.9 Å². The molecule has 41 heavy (non-hydrogen) atoms. The molecule has 7 heteroatoms. The molecule has 2 saturated heterocycles. The summed E-state index contributed by atoms with van der Waals surface area (Å²) in [4.78, 5) is 24.5. The molecular formula is C34H55NO6. The van der Waals surface area contributed by atoms with Crippen LogP contribution >= 0.6 is 0 Å². The van der Waals surface area contributed by atoms with E-state index in [1.54, 1.807) is 20.8 Å². The summed E-state index contributed by atoms with van der Waals surface area (Å²) in [6.45, 7) is 16.0. The molecule has 1 spiro atoms. The fraction of sp³-hybridized carbons (Fsp3) is 0.941. The number of fused-ring (bicyclic) bond motifs is 7. The highest BCUT2D eigenvalue weighted by atomic mass is 16.7. The van der Waals surface area contributed by atoms with Crippen molar-refractivity contribution in [3.05, 3.63) is 0 Å². The molecule has 4 aliphatic carbocycles. The molecule has 12 atom stereocenters. The third-order valence-corrected chi connectivity index (χ3v) is 13.0. The van der Waals surface area contributed by atoms with Gasteiger partial charge in [-0.15, -0.1) is 0 Å². The predicted octanol–water partition coefficient (Wildman–Crippen LogP) is 6.87. The predicted molar refractivity (Wildman–Crippen MR) is 156 cm³/mol. The van der Waals surface area contributed by atoms with Gasteiger partial charge in [0.25, 0.3) is 0 Å². The highest BCUT2D eigenvalue weighted by Crippen LogP contribution is 2.71. The highest BCUT2D eigenvalue weighted by molar-refractivity contribution is 5.78. The van der Waals surface area contributed by atoms with Crippen molar-refractivity contribution in [3.8, 4) is 0 Å². The van der Waals surface area contributed by atoms with E-state index in [9.17, 15) is 9.59 Å². The van der Waals surface area contributed by atoms with Crippen LogP contribution in [0.4, 0.5) is 4.79 Å². The third-order valence-electron chi connectivity index (χ3n) is 13.0. The van der Waals surface area contributed by atoms with Gasteiger partial charge in [-0.3, -0.25) is 4.79 Å². The second kappa shape index (κ2) is 10.4. The number of carbonyl (C=O) groups excluding carboxylic acids is 2. The van der Waals surface area contributed by atoms with Gasteiger partial charge in [0, 0.05) is 12.3 Å². The molecule has 3 unspecified atom stereocenters. The van der Waals surface area contributed by atoms with Gasteiger partial charge in [0.2, 0.25) is 0 Å². The molecule has 0 radical (unpaired) electrons. The van der Waals surface area contributed by atoms with Gasteiger partial charge in [-0.1, -0.05) is 27.7 Å². The van der Waals surface area contributed by atoms with E-state index in [0.717, 1.165) is 50.0 Å². The number of esters is 1. The van der Waals surface area contributed by atoms with E-state index in [2.05, 4.69) is 33.0 Å². The van der Waals surface area contributed by atoms with Crippen LogP contribution < -0.4 is 5.32 Å². The quantitative estimate of drug-likeness (QED) is 0.371. The Hall–Kier alpha value is -1.34. The molecule has 1 amide bonds. The average molecular weight is 574 g/mol. The smallest absolute Gasteiger partial charge is 0.408 e. The first-order valence-corrected chi connectivity index (χ1v) is 16.7. The summed E-state index contributed by atoms with van der Waals surface area (Å²) in [6.07, 6.45) is 11.3. The van der Waals surface area contributed by atoms with Gasteiger partial charge in [-0.2, -0.15) is 0 Å². The van der Waals surface area contributed by atoms with E-state index < -0.39 is 11.7 Å². The molecule has 1 N–H and O–H groups in total. The van der Waals surface area contributed by atoms with Gasteiger partial charge in [-0.05, 0) is 125 Å². The van der Waals surface area contributed by atoms with Gasteiger partial charge in [0.15, 0.2) is 5.79 Å². The van der Waals surface area contributed by atoms with E-state index >= 15 is 0 Å². The van der Waals surface area contributed by atoms with Crippen LogP contribution in [0, 0.1) is 52.3 Å². The Bertz CT molecular complexity index is 1020. The Morgan fingerprint density at radius 2 is 1.68 bits per heavy atom. The highest BCUT2D eigenvalue weighted by Gasteiger charge is 2.69. The van der Waals surface area contributed by atoms with Crippen molar-refractivity contribution in [2.75, 3.05) is 13.2 Å². The molecule has 2 aliphatic heterocycles. The van der Waals surface area contributed by atoms with Gasteiger partial charge >= 0.3 is 12.1 Å². The molecule has 2 heterocycles. The maximum Gasteiger partial charge on any atom is 0.408 e. The molecule has 232 valence electrons. The van der Waals surface area contributed by atoms with Crippen LogP contribution in [0.2, 0.25) is 0 Å². The zero-order chi connectivity index (χ0) is 29.4. The van der Waals surface area contributed by atoms with Crippen LogP contribution in [-0.2, 0) is 23.7 Å². The molecule has 6 rings (SSSR count). The molecular weight excluding hydrogens is 518 g/mol. The van der Waals surface area contributed by atoms with Crippen LogP contribution in [0.3, 0.4) is 0 Å². The van der Waals surface area contributed by atoms with Crippen LogP contribution in [0.1, 0.15) is 113 Å². The van der Waals surface area contributed by atoms with Crippen molar-refractivity contribution in [2.45, 2.75) is 136 Å². The number of rotatable bonds is 3. The van der Waals surface area contributed by atoms with Gasteiger partial charge in [-0.25, -0.2) is 4.79 Å².